The number of hydrogen-bond acceptors (Lipinski definition) is 0. The normalized spacial score (nSPS) is 14.0. The predicted molar refractivity (Wildman–Crippen MR) is 442 cm³/mol. The van der Waals surface area contributed by atoms with E-state index in [1.807, 2.05) is 0 Å². The fourth-order valence-corrected chi connectivity index (χ4v) is 40.2. The van der Waals surface area contributed by atoms with Crippen LogP contribution in [0.15, 0.2) is 121 Å². The summed E-state index contributed by atoms with van der Waals surface area (Å²) in [6, 6.07) is 47.2. The van der Waals surface area contributed by atoms with Gasteiger partial charge in [-0.05, 0) is 248 Å². The third-order valence-corrected chi connectivity index (χ3v) is 49.4. The molecule has 1 aliphatic carbocycles. The van der Waals surface area contributed by atoms with Gasteiger partial charge < -0.3 is 0 Å². The van der Waals surface area contributed by atoms with Crippen LogP contribution in [0.1, 0.15) is 211 Å². The van der Waals surface area contributed by atoms with Gasteiger partial charge in [0.15, 0.2) is 0 Å². The molecular weight excluding hydrogens is 1220 g/mol. The van der Waals surface area contributed by atoms with E-state index in [2.05, 4.69) is 358 Å². The number of fused-ring (bicyclic) bond motifs is 10. The van der Waals surface area contributed by atoms with E-state index < -0.39 is 32.3 Å². The molecule has 0 fully saturated rings. The Morgan fingerprint density at radius 1 is 0.198 bits per heavy atom. The lowest BCUT2D eigenvalue weighted by Gasteiger charge is -2.38. The monoisotopic (exact) mass is 1320 g/mol. The Hall–Kier alpha value is -7.13. The van der Waals surface area contributed by atoms with Crippen molar-refractivity contribution in [3.05, 3.63) is 166 Å². The molecule has 492 valence electrons. The van der Waals surface area contributed by atoms with Gasteiger partial charge in [-0.3, -0.25) is 0 Å². The minimum absolute atomic E-state index is 0.505. The van der Waals surface area contributed by atoms with Crippen molar-refractivity contribution < 1.29 is 0 Å². The minimum atomic E-state index is -2.15. The maximum atomic E-state index is 4.24. The molecule has 0 heterocycles. The summed E-state index contributed by atoms with van der Waals surface area (Å²) in [7, 11) is -8.61. The molecule has 0 N–H and O–H groups in total. The molecule has 0 bridgehead atoms. The predicted octanol–water partition coefficient (Wildman–Crippen LogP) is 27.8. The molecule has 1 aliphatic rings. The van der Waals surface area contributed by atoms with Gasteiger partial charge in [-0.15, -0.1) is 22.2 Å². The van der Waals surface area contributed by atoms with Crippen LogP contribution < -0.4 is 0 Å². The zero-order chi connectivity index (χ0) is 69.4. The fraction of sp³-hybridized carbons (Fsp3) is 0.391. The van der Waals surface area contributed by atoms with Gasteiger partial charge in [0.25, 0.3) is 0 Å². The Bertz CT molecular complexity index is 4350. The van der Waals surface area contributed by atoms with Crippen LogP contribution in [-0.2, 0) is 0 Å². The van der Waals surface area contributed by atoms with Gasteiger partial charge in [-0.2, -0.15) is 0 Å². The second-order valence-corrected chi connectivity index (χ2v) is 55.0. The summed E-state index contributed by atoms with van der Waals surface area (Å²) in [6.07, 6.45) is 9.47. The van der Waals surface area contributed by atoms with Gasteiger partial charge in [0, 0.05) is 22.3 Å². The van der Waals surface area contributed by atoms with Crippen molar-refractivity contribution in [1.82, 2.24) is 0 Å². The molecule has 10 aromatic carbocycles. The molecule has 10 aromatic rings. The number of hydrogen-bond donors (Lipinski definition) is 0. The van der Waals surface area contributed by atoms with Crippen LogP contribution in [0.3, 0.4) is 0 Å². The largest absolute Gasteiger partial charge is 0.146 e. The van der Waals surface area contributed by atoms with Crippen molar-refractivity contribution in [2.24, 2.45) is 0 Å². The standard InChI is InChI=1S/C92H108Si4/c1-57(2)93(58(3)4,59(5)6)41-37-81-85-49-69-29-25-26-30-70(69)50-86(85)82(38-42-94(60(7)8,61(9)10)62(11)12)90-54-78-46-74-35-36-76-48-80-56-92-84(40-44-96(66(19)20,67(21)22)68(23)24)88-52-72-32-28-27-31-71(72)51-87(88)83(39-43-95(63(13)14,64(15)16)65(17)18)91(92)55-79(80)47-75(76)34-33-73(74)45-77(78)53-89(81)90/h25-36,45-68H,1-24H3/b34-33-,36-35-,73-33?,74-35?,75-34?,76-36?. The minimum Gasteiger partial charge on any atom is -0.125 e. The fourth-order valence-electron chi connectivity index (χ4n) is 19.4. The van der Waals surface area contributed by atoms with Crippen molar-refractivity contribution in [2.45, 2.75) is 233 Å². The Kier molecular flexibility index (Phi) is 19.7. The van der Waals surface area contributed by atoms with Gasteiger partial charge >= 0.3 is 0 Å². The first-order valence-electron chi connectivity index (χ1n) is 36.7. The molecular formula is C92H108Si4. The van der Waals surface area contributed by atoms with Crippen LogP contribution in [0.25, 0.3) is 110 Å². The topological polar surface area (TPSA) is 0 Å². The highest BCUT2D eigenvalue weighted by Crippen LogP contribution is 2.48. The molecule has 0 aliphatic heterocycles. The van der Waals surface area contributed by atoms with Crippen molar-refractivity contribution in [3.8, 4) is 45.9 Å². The molecule has 0 unspecified atom stereocenters. The lowest BCUT2D eigenvalue weighted by atomic mass is 9.87. The van der Waals surface area contributed by atoms with E-state index in [1.54, 1.807) is 0 Å². The summed E-state index contributed by atoms with van der Waals surface area (Å²) in [5.74, 6) is 16.5. The SMILES string of the molecule is CC(C)[Si](C#Cc1c2cc3ccccc3cc2c(C#C[Si](C(C)C)(C(C)C)C(C)C)c2cc3cc4c(cc3cc12)/C=C\c1cc2cc3c(C#C[Si](C(C)C)(C(C)C)C(C)C)c5cc6ccccc6cc5c(C#C[Si](C(C)C)(C(C)C)C(C)C)c3cc2cc1/C=C\4)(C(C)C)C(C)C. The first kappa shape index (κ1) is 70.2. The van der Waals surface area contributed by atoms with E-state index in [0.717, 1.165) is 22.3 Å². The van der Waals surface area contributed by atoms with E-state index in [0.29, 0.717) is 66.5 Å². The number of rotatable bonds is 12. The van der Waals surface area contributed by atoms with Crippen LogP contribution in [0.5, 0.6) is 0 Å². The third kappa shape index (κ3) is 11.8. The molecule has 0 radical (unpaired) electrons. The second-order valence-electron chi connectivity index (χ2n) is 32.7. The van der Waals surface area contributed by atoms with E-state index in [-0.39, 0.29) is 0 Å². The van der Waals surface area contributed by atoms with Gasteiger partial charge in [-0.25, -0.2) is 0 Å². The first-order valence-corrected chi connectivity index (χ1v) is 45.7. The third-order valence-electron chi connectivity index (χ3n) is 24.2. The van der Waals surface area contributed by atoms with Crippen LogP contribution in [-0.4, -0.2) is 32.3 Å². The summed E-state index contributed by atoms with van der Waals surface area (Å²) < 4.78 is 0. The summed E-state index contributed by atoms with van der Waals surface area (Å²) in [5, 5.41) is 19.4. The zero-order valence-corrected chi connectivity index (χ0v) is 66.8. The van der Waals surface area contributed by atoms with Crippen LogP contribution in [0, 0.1) is 45.9 Å². The van der Waals surface area contributed by atoms with Crippen molar-refractivity contribution in [3.63, 3.8) is 0 Å². The summed E-state index contributed by atoms with van der Waals surface area (Å²) in [6.45, 7) is 58.4. The first-order chi connectivity index (χ1) is 45.4. The summed E-state index contributed by atoms with van der Waals surface area (Å²) >= 11 is 0. The lowest BCUT2D eigenvalue weighted by Crippen LogP contribution is -2.43. The van der Waals surface area contributed by atoms with Crippen LogP contribution in [0.4, 0.5) is 0 Å². The molecule has 0 saturated heterocycles. The molecule has 0 amide bonds. The Morgan fingerprint density at radius 3 is 0.490 bits per heavy atom. The Balaban J connectivity index is 1.19. The highest BCUT2D eigenvalue weighted by Gasteiger charge is 2.45. The van der Waals surface area contributed by atoms with Crippen LogP contribution >= 0.6 is 0 Å². The van der Waals surface area contributed by atoms with Crippen molar-refractivity contribution in [1.29, 1.82) is 0 Å². The van der Waals surface area contributed by atoms with E-state index in [1.165, 1.54) is 108 Å². The Morgan fingerprint density at radius 2 is 0.344 bits per heavy atom. The summed E-state index contributed by atoms with van der Waals surface area (Å²) in [5.41, 5.74) is 32.4. The molecule has 4 heteroatoms. The molecule has 0 spiro atoms. The van der Waals surface area contributed by atoms with Gasteiger partial charge in [0.1, 0.15) is 32.3 Å². The highest BCUT2D eigenvalue weighted by molar-refractivity contribution is 6.92. The van der Waals surface area contributed by atoms with E-state index in [4.69, 9.17) is 0 Å². The van der Waals surface area contributed by atoms with Gasteiger partial charge in [-0.1, -0.05) is 263 Å². The average Bonchev–Trinajstić information content (AvgIpc) is 0.731. The van der Waals surface area contributed by atoms with Crippen LogP contribution in [0.2, 0.25) is 66.5 Å². The maximum absolute atomic E-state index is 4.24. The molecule has 11 rings (SSSR count). The molecule has 96 heavy (non-hydrogen) atoms. The van der Waals surface area contributed by atoms with Crippen molar-refractivity contribution in [2.75, 3.05) is 0 Å². The zero-order valence-electron chi connectivity index (χ0n) is 62.8. The van der Waals surface area contributed by atoms with Crippen molar-refractivity contribution >= 4 is 143 Å². The smallest absolute Gasteiger partial charge is 0.125 e. The Labute approximate surface area is 583 Å². The lowest BCUT2D eigenvalue weighted by molar-refractivity contribution is 0.838. The summed E-state index contributed by atoms with van der Waals surface area (Å²) in [4.78, 5) is 0. The van der Waals surface area contributed by atoms with Gasteiger partial charge in [0.2, 0.25) is 0 Å². The molecule has 0 aromatic heterocycles. The van der Waals surface area contributed by atoms with E-state index >= 15 is 0 Å². The molecule has 0 nitrogen and oxygen atoms in total. The quantitative estimate of drug-likeness (QED) is 0.0650. The molecule has 0 atom stereocenters. The molecule has 0 saturated carbocycles. The maximum Gasteiger partial charge on any atom is 0.146 e. The number of benzene rings is 10. The average molecular weight is 1330 g/mol. The highest BCUT2D eigenvalue weighted by atomic mass is 28.3. The van der Waals surface area contributed by atoms with Gasteiger partial charge in [0.05, 0.1) is 0 Å². The second kappa shape index (κ2) is 26.9. The van der Waals surface area contributed by atoms with E-state index in [9.17, 15) is 0 Å².